The van der Waals surface area contributed by atoms with Gasteiger partial charge in [0.05, 0.1) is 6.42 Å². The van der Waals surface area contributed by atoms with E-state index in [9.17, 15) is 13.2 Å². The van der Waals surface area contributed by atoms with Crippen LogP contribution in [0.1, 0.15) is 44.4 Å². The molecule has 0 saturated heterocycles. The van der Waals surface area contributed by atoms with Crippen LogP contribution in [-0.4, -0.2) is 25.5 Å². The maximum absolute atomic E-state index is 12.1. The quantitative estimate of drug-likeness (QED) is 0.685. The molecule has 0 amide bonds. The van der Waals surface area contributed by atoms with E-state index in [0.29, 0.717) is 4.88 Å². The molecule has 0 saturated carbocycles. The smallest absolute Gasteiger partial charge is 0.308 e. The number of rotatable bonds is 9. The van der Waals surface area contributed by atoms with E-state index in [4.69, 9.17) is 5.11 Å². The summed E-state index contributed by atoms with van der Waals surface area (Å²) in [6.07, 6.45) is 3.85. The van der Waals surface area contributed by atoms with E-state index in [1.165, 1.54) is 6.07 Å². The minimum absolute atomic E-state index is 0.114. The molecular formula is C13H21NO4S2. The zero-order chi connectivity index (χ0) is 15.2. The first-order chi connectivity index (χ1) is 9.35. The van der Waals surface area contributed by atoms with Crippen molar-refractivity contribution in [1.29, 1.82) is 0 Å². The van der Waals surface area contributed by atoms with E-state index in [2.05, 4.69) is 11.6 Å². The number of nitrogens with one attached hydrogen (secondary N) is 1. The van der Waals surface area contributed by atoms with Gasteiger partial charge in [-0.1, -0.05) is 26.2 Å². The van der Waals surface area contributed by atoms with Gasteiger partial charge in [0.15, 0.2) is 0 Å². The lowest BCUT2D eigenvalue weighted by Crippen LogP contribution is -2.32. The second kappa shape index (κ2) is 7.75. The monoisotopic (exact) mass is 319 g/mol. The molecule has 20 heavy (non-hydrogen) atoms. The minimum Gasteiger partial charge on any atom is -0.481 e. The standard InChI is InChI=1S/C13H21NO4S2/c1-3-4-5-6-10(2)14-20(17,18)13-8-7-11(19-13)9-12(15)16/h7-8,10,14H,3-6,9H2,1-2H3,(H,15,16). The predicted octanol–water partition coefficient (Wildman–Crippen LogP) is 2.62. The molecule has 7 heteroatoms. The lowest BCUT2D eigenvalue weighted by atomic mass is 10.1. The van der Waals surface area contributed by atoms with Crippen molar-refractivity contribution in [3.05, 3.63) is 17.0 Å². The summed E-state index contributed by atoms with van der Waals surface area (Å²) in [6, 6.07) is 2.90. The van der Waals surface area contributed by atoms with Crippen LogP contribution in [0.15, 0.2) is 16.3 Å². The number of sulfonamides is 1. The molecule has 0 fully saturated rings. The van der Waals surface area contributed by atoms with Gasteiger partial charge < -0.3 is 5.11 Å². The summed E-state index contributed by atoms with van der Waals surface area (Å²) in [5.74, 6) is -0.961. The summed E-state index contributed by atoms with van der Waals surface area (Å²) < 4.78 is 27.1. The third-order valence-electron chi connectivity index (χ3n) is 2.82. The molecule has 0 aliphatic rings. The van der Waals surface area contributed by atoms with Crippen molar-refractivity contribution >= 4 is 27.3 Å². The molecule has 0 aromatic carbocycles. The summed E-state index contributed by atoms with van der Waals surface area (Å²) in [6.45, 7) is 3.95. The lowest BCUT2D eigenvalue weighted by molar-refractivity contribution is -0.136. The van der Waals surface area contributed by atoms with Crippen LogP contribution in [-0.2, 0) is 21.2 Å². The zero-order valence-corrected chi connectivity index (χ0v) is 13.4. The van der Waals surface area contributed by atoms with Crippen LogP contribution in [0.3, 0.4) is 0 Å². The molecule has 2 N–H and O–H groups in total. The molecule has 1 unspecified atom stereocenters. The summed E-state index contributed by atoms with van der Waals surface area (Å²) in [5, 5.41) is 8.69. The van der Waals surface area contributed by atoms with Crippen LogP contribution >= 0.6 is 11.3 Å². The van der Waals surface area contributed by atoms with Crippen molar-refractivity contribution < 1.29 is 18.3 Å². The van der Waals surface area contributed by atoms with E-state index in [-0.39, 0.29) is 16.7 Å². The largest absolute Gasteiger partial charge is 0.481 e. The van der Waals surface area contributed by atoms with Crippen LogP contribution in [0.2, 0.25) is 0 Å². The van der Waals surface area contributed by atoms with Crippen molar-refractivity contribution in [3.63, 3.8) is 0 Å². The highest BCUT2D eigenvalue weighted by molar-refractivity contribution is 7.91. The minimum atomic E-state index is -3.54. The second-order valence-corrected chi connectivity index (χ2v) is 7.92. The Bertz CT molecular complexity index is 536. The first-order valence-electron chi connectivity index (χ1n) is 6.68. The molecular weight excluding hydrogens is 298 g/mol. The first kappa shape index (κ1) is 17.1. The number of unbranched alkanes of at least 4 members (excludes halogenated alkanes) is 2. The molecule has 0 radical (unpaired) electrons. The number of thiophene rings is 1. The van der Waals surface area contributed by atoms with Crippen LogP contribution in [0.5, 0.6) is 0 Å². The molecule has 1 heterocycles. The fraction of sp³-hybridized carbons (Fsp3) is 0.615. The van der Waals surface area contributed by atoms with Gasteiger partial charge in [-0.2, -0.15) is 0 Å². The molecule has 114 valence electrons. The van der Waals surface area contributed by atoms with Gasteiger partial charge in [-0.25, -0.2) is 13.1 Å². The van der Waals surface area contributed by atoms with Crippen molar-refractivity contribution in [2.24, 2.45) is 0 Å². The van der Waals surface area contributed by atoms with Crippen molar-refractivity contribution in [2.45, 2.75) is 56.2 Å². The number of carbonyl (C=O) groups is 1. The molecule has 0 spiro atoms. The molecule has 1 rings (SSSR count). The highest BCUT2D eigenvalue weighted by Gasteiger charge is 2.19. The number of carboxylic acid groups (broad SMARTS) is 1. The molecule has 0 bridgehead atoms. The van der Waals surface area contributed by atoms with Crippen LogP contribution in [0.4, 0.5) is 0 Å². The Hall–Kier alpha value is -0.920. The van der Waals surface area contributed by atoms with Crippen molar-refractivity contribution in [2.75, 3.05) is 0 Å². The lowest BCUT2D eigenvalue weighted by Gasteiger charge is -2.12. The van der Waals surface area contributed by atoms with Crippen molar-refractivity contribution in [1.82, 2.24) is 4.72 Å². The van der Waals surface area contributed by atoms with E-state index in [0.717, 1.165) is 37.0 Å². The zero-order valence-electron chi connectivity index (χ0n) is 11.8. The summed E-state index contributed by atoms with van der Waals surface area (Å²) in [7, 11) is -3.54. The van der Waals surface area contributed by atoms with Crippen molar-refractivity contribution in [3.8, 4) is 0 Å². The number of aliphatic carboxylic acids is 1. The van der Waals surface area contributed by atoms with Gasteiger partial charge in [0.2, 0.25) is 10.0 Å². The van der Waals surface area contributed by atoms with Gasteiger partial charge in [0.1, 0.15) is 4.21 Å². The maximum Gasteiger partial charge on any atom is 0.308 e. The molecule has 1 atom stereocenters. The predicted molar refractivity (Wildman–Crippen MR) is 79.6 cm³/mol. The summed E-state index contributed by atoms with van der Waals surface area (Å²) >= 11 is 1.01. The molecule has 1 aromatic rings. The van der Waals surface area contributed by atoms with Gasteiger partial charge in [0, 0.05) is 10.9 Å². The van der Waals surface area contributed by atoms with Crippen LogP contribution < -0.4 is 4.72 Å². The topological polar surface area (TPSA) is 83.5 Å². The SMILES string of the molecule is CCCCCC(C)NS(=O)(=O)c1ccc(CC(=O)O)s1. The van der Waals surface area contributed by atoms with Gasteiger partial charge >= 0.3 is 5.97 Å². The fourth-order valence-corrected chi connectivity index (χ4v) is 4.47. The molecule has 0 aliphatic carbocycles. The van der Waals surface area contributed by atoms with Crippen LogP contribution in [0.25, 0.3) is 0 Å². The Labute approximate surface area is 124 Å². The van der Waals surface area contributed by atoms with Crippen LogP contribution in [0, 0.1) is 0 Å². The fourth-order valence-electron chi connectivity index (χ4n) is 1.83. The van der Waals surface area contributed by atoms with E-state index in [1.54, 1.807) is 6.07 Å². The number of hydrogen-bond donors (Lipinski definition) is 2. The summed E-state index contributed by atoms with van der Waals surface area (Å²) in [4.78, 5) is 11.1. The molecule has 5 nitrogen and oxygen atoms in total. The Morgan fingerprint density at radius 2 is 2.10 bits per heavy atom. The Kier molecular flexibility index (Phi) is 6.64. The van der Waals surface area contributed by atoms with Gasteiger partial charge in [-0.15, -0.1) is 11.3 Å². The number of carboxylic acids is 1. The first-order valence-corrected chi connectivity index (χ1v) is 8.98. The molecule has 0 aliphatic heterocycles. The van der Waals surface area contributed by atoms with Gasteiger partial charge in [-0.05, 0) is 25.5 Å². The Morgan fingerprint density at radius 1 is 1.40 bits per heavy atom. The van der Waals surface area contributed by atoms with Gasteiger partial charge in [-0.3, -0.25) is 4.79 Å². The Morgan fingerprint density at radius 3 is 2.70 bits per heavy atom. The van der Waals surface area contributed by atoms with E-state index < -0.39 is 16.0 Å². The maximum atomic E-state index is 12.1. The third kappa shape index (κ3) is 5.60. The second-order valence-electron chi connectivity index (χ2n) is 4.81. The highest BCUT2D eigenvalue weighted by Crippen LogP contribution is 2.22. The Balaban J connectivity index is 2.63. The van der Waals surface area contributed by atoms with E-state index >= 15 is 0 Å². The third-order valence-corrected chi connectivity index (χ3v) is 5.99. The average molecular weight is 319 g/mol. The van der Waals surface area contributed by atoms with E-state index in [1.807, 2.05) is 6.92 Å². The summed E-state index contributed by atoms with van der Waals surface area (Å²) in [5.41, 5.74) is 0. The average Bonchev–Trinajstić information content (AvgIpc) is 2.77. The van der Waals surface area contributed by atoms with Gasteiger partial charge in [0.25, 0.3) is 0 Å². The number of hydrogen-bond acceptors (Lipinski definition) is 4. The molecule has 1 aromatic heterocycles. The highest BCUT2D eigenvalue weighted by atomic mass is 32.2. The normalized spacial score (nSPS) is 13.3.